The Balaban J connectivity index is 2.08. The SMILES string of the molecule is CC(/C=C/C(=O)c1cccc(C)c1)=C\c1ccco1. The number of rotatable bonds is 4. The van der Waals surface area contributed by atoms with Crippen molar-refractivity contribution in [3.8, 4) is 0 Å². The molecule has 2 aromatic rings. The Morgan fingerprint density at radius 1 is 1.16 bits per heavy atom. The monoisotopic (exact) mass is 252 g/mol. The van der Waals surface area contributed by atoms with Crippen LogP contribution in [0.5, 0.6) is 0 Å². The van der Waals surface area contributed by atoms with Gasteiger partial charge in [-0.2, -0.15) is 0 Å². The highest BCUT2D eigenvalue weighted by molar-refractivity contribution is 6.04. The van der Waals surface area contributed by atoms with Gasteiger partial charge in [-0.3, -0.25) is 4.79 Å². The van der Waals surface area contributed by atoms with E-state index in [4.69, 9.17) is 4.42 Å². The van der Waals surface area contributed by atoms with Gasteiger partial charge in [0.2, 0.25) is 0 Å². The largest absolute Gasteiger partial charge is 0.465 e. The van der Waals surface area contributed by atoms with Gasteiger partial charge in [0.25, 0.3) is 0 Å². The first-order valence-electron chi connectivity index (χ1n) is 6.16. The topological polar surface area (TPSA) is 30.2 Å². The molecule has 1 aromatic carbocycles. The Hall–Kier alpha value is -2.35. The molecule has 0 atom stereocenters. The molecular weight excluding hydrogens is 236 g/mol. The van der Waals surface area contributed by atoms with Crippen molar-refractivity contribution in [3.63, 3.8) is 0 Å². The molecule has 2 nitrogen and oxygen atoms in total. The van der Waals surface area contributed by atoms with E-state index in [1.54, 1.807) is 18.4 Å². The molecule has 0 unspecified atom stereocenters. The van der Waals surface area contributed by atoms with E-state index >= 15 is 0 Å². The molecule has 0 aliphatic rings. The molecule has 0 amide bonds. The lowest BCUT2D eigenvalue weighted by Gasteiger charge is -1.97. The highest BCUT2D eigenvalue weighted by Gasteiger charge is 2.01. The van der Waals surface area contributed by atoms with Gasteiger partial charge in [-0.15, -0.1) is 0 Å². The number of allylic oxidation sites excluding steroid dienone is 3. The molecule has 19 heavy (non-hydrogen) atoms. The minimum atomic E-state index is 0.0101. The zero-order valence-electron chi connectivity index (χ0n) is 11.1. The first-order valence-corrected chi connectivity index (χ1v) is 6.16. The van der Waals surface area contributed by atoms with Crippen LogP contribution in [-0.4, -0.2) is 5.78 Å². The summed E-state index contributed by atoms with van der Waals surface area (Å²) in [6.07, 6.45) is 6.90. The first-order chi connectivity index (χ1) is 9.15. The van der Waals surface area contributed by atoms with E-state index in [0.717, 1.165) is 16.9 Å². The highest BCUT2D eigenvalue weighted by atomic mass is 16.3. The zero-order valence-corrected chi connectivity index (χ0v) is 11.1. The fraction of sp³-hybridized carbons (Fsp3) is 0.118. The zero-order chi connectivity index (χ0) is 13.7. The molecule has 0 aliphatic heterocycles. The molecule has 1 heterocycles. The molecule has 96 valence electrons. The third-order valence-corrected chi connectivity index (χ3v) is 2.71. The van der Waals surface area contributed by atoms with E-state index < -0.39 is 0 Å². The fourth-order valence-corrected chi connectivity index (χ4v) is 1.75. The van der Waals surface area contributed by atoms with Crippen LogP contribution in [0.15, 0.2) is 64.8 Å². The summed E-state index contributed by atoms with van der Waals surface area (Å²) < 4.78 is 5.22. The number of hydrogen-bond donors (Lipinski definition) is 0. The molecule has 2 rings (SSSR count). The Bertz CT molecular complexity index is 616. The molecular formula is C17H16O2. The van der Waals surface area contributed by atoms with Crippen LogP contribution in [0.3, 0.4) is 0 Å². The number of ketones is 1. The summed E-state index contributed by atoms with van der Waals surface area (Å²) >= 11 is 0. The van der Waals surface area contributed by atoms with Crippen molar-refractivity contribution in [2.75, 3.05) is 0 Å². The fourth-order valence-electron chi connectivity index (χ4n) is 1.75. The number of furan rings is 1. The van der Waals surface area contributed by atoms with Gasteiger partial charge in [0.1, 0.15) is 5.76 Å². The predicted octanol–water partition coefficient (Wildman–Crippen LogP) is 4.43. The lowest BCUT2D eigenvalue weighted by molar-refractivity contribution is 0.104. The summed E-state index contributed by atoms with van der Waals surface area (Å²) in [5.41, 5.74) is 2.76. The molecule has 0 bridgehead atoms. The minimum Gasteiger partial charge on any atom is -0.465 e. The van der Waals surface area contributed by atoms with E-state index in [0.29, 0.717) is 5.56 Å². The van der Waals surface area contributed by atoms with E-state index in [-0.39, 0.29) is 5.78 Å². The Labute approximate surface area is 113 Å². The third-order valence-electron chi connectivity index (χ3n) is 2.71. The average Bonchev–Trinajstić information content (AvgIpc) is 2.88. The summed E-state index contributed by atoms with van der Waals surface area (Å²) in [5.74, 6) is 0.793. The summed E-state index contributed by atoms with van der Waals surface area (Å²) in [7, 11) is 0. The van der Waals surface area contributed by atoms with E-state index in [1.807, 2.05) is 56.3 Å². The summed E-state index contributed by atoms with van der Waals surface area (Å²) in [6.45, 7) is 3.91. The van der Waals surface area contributed by atoms with E-state index in [1.165, 1.54) is 0 Å². The minimum absolute atomic E-state index is 0.0101. The Kier molecular flexibility index (Phi) is 4.14. The van der Waals surface area contributed by atoms with Crippen LogP contribution in [0.25, 0.3) is 6.08 Å². The smallest absolute Gasteiger partial charge is 0.185 e. The molecule has 0 saturated carbocycles. The molecule has 0 saturated heterocycles. The second kappa shape index (κ2) is 6.01. The number of benzene rings is 1. The van der Waals surface area contributed by atoms with Gasteiger partial charge < -0.3 is 4.42 Å². The molecule has 1 aromatic heterocycles. The number of aryl methyl sites for hydroxylation is 1. The normalized spacial score (nSPS) is 12.0. The molecule has 0 aliphatic carbocycles. The van der Waals surface area contributed by atoms with Gasteiger partial charge >= 0.3 is 0 Å². The summed E-state index contributed by atoms with van der Waals surface area (Å²) in [4.78, 5) is 12.0. The molecule has 2 heteroatoms. The van der Waals surface area contributed by atoms with Gasteiger partial charge in [-0.1, -0.05) is 29.8 Å². The van der Waals surface area contributed by atoms with Crippen LogP contribution >= 0.6 is 0 Å². The maximum Gasteiger partial charge on any atom is 0.185 e. The quantitative estimate of drug-likeness (QED) is 0.457. The van der Waals surface area contributed by atoms with Crippen molar-refractivity contribution in [1.29, 1.82) is 0 Å². The van der Waals surface area contributed by atoms with E-state index in [2.05, 4.69) is 0 Å². The third kappa shape index (κ3) is 3.81. The van der Waals surface area contributed by atoms with Crippen molar-refractivity contribution in [2.24, 2.45) is 0 Å². The first kappa shape index (κ1) is 13.1. The highest BCUT2D eigenvalue weighted by Crippen LogP contribution is 2.10. The Morgan fingerprint density at radius 2 is 2.00 bits per heavy atom. The van der Waals surface area contributed by atoms with Crippen LogP contribution < -0.4 is 0 Å². The number of carbonyl (C=O) groups is 1. The molecule has 0 fully saturated rings. The van der Waals surface area contributed by atoms with E-state index in [9.17, 15) is 4.79 Å². The van der Waals surface area contributed by atoms with Gasteiger partial charge in [0, 0.05) is 5.56 Å². The van der Waals surface area contributed by atoms with Gasteiger partial charge in [0.05, 0.1) is 6.26 Å². The van der Waals surface area contributed by atoms with Crippen LogP contribution in [0, 0.1) is 6.92 Å². The van der Waals surface area contributed by atoms with Crippen molar-refractivity contribution in [3.05, 3.63) is 77.3 Å². The second-order valence-corrected chi connectivity index (χ2v) is 4.47. The van der Waals surface area contributed by atoms with Crippen LogP contribution in [0.1, 0.15) is 28.6 Å². The summed E-state index contributed by atoms with van der Waals surface area (Å²) in [5, 5.41) is 0. The van der Waals surface area contributed by atoms with Crippen LogP contribution in [0.2, 0.25) is 0 Å². The maximum absolute atomic E-state index is 12.0. The van der Waals surface area contributed by atoms with Crippen LogP contribution in [0.4, 0.5) is 0 Å². The van der Waals surface area contributed by atoms with Gasteiger partial charge in [-0.05, 0) is 49.8 Å². The number of hydrogen-bond acceptors (Lipinski definition) is 2. The predicted molar refractivity (Wildman–Crippen MR) is 77.0 cm³/mol. The standard InChI is InChI=1S/C17H16O2/c1-13-5-3-6-15(11-13)17(18)9-8-14(2)12-16-7-4-10-19-16/h3-12H,1-2H3/b9-8+,14-12+. The Morgan fingerprint density at radius 3 is 2.68 bits per heavy atom. The maximum atomic E-state index is 12.0. The average molecular weight is 252 g/mol. The van der Waals surface area contributed by atoms with Crippen molar-refractivity contribution < 1.29 is 9.21 Å². The van der Waals surface area contributed by atoms with Gasteiger partial charge in [0.15, 0.2) is 5.78 Å². The molecule has 0 radical (unpaired) electrons. The molecule has 0 spiro atoms. The van der Waals surface area contributed by atoms with Crippen molar-refractivity contribution in [1.82, 2.24) is 0 Å². The second-order valence-electron chi connectivity index (χ2n) is 4.47. The number of carbonyl (C=O) groups excluding carboxylic acids is 1. The lowest BCUT2D eigenvalue weighted by Crippen LogP contribution is -1.94. The van der Waals surface area contributed by atoms with Crippen LogP contribution in [-0.2, 0) is 0 Å². The summed E-state index contributed by atoms with van der Waals surface area (Å²) in [6, 6.07) is 11.3. The van der Waals surface area contributed by atoms with Crippen molar-refractivity contribution in [2.45, 2.75) is 13.8 Å². The van der Waals surface area contributed by atoms with Gasteiger partial charge in [-0.25, -0.2) is 0 Å². The van der Waals surface area contributed by atoms with Crippen molar-refractivity contribution >= 4 is 11.9 Å². The lowest BCUT2D eigenvalue weighted by atomic mass is 10.1. The molecule has 0 N–H and O–H groups in total.